The van der Waals surface area contributed by atoms with E-state index < -0.39 is 6.10 Å². The molecule has 1 N–H and O–H groups in total. The van der Waals surface area contributed by atoms with Gasteiger partial charge in [0.2, 0.25) is 0 Å². The van der Waals surface area contributed by atoms with Gasteiger partial charge in [0.25, 0.3) is 5.91 Å². The molecular formula is C20H19ClN2O3. The molecule has 5 nitrogen and oxygen atoms in total. The number of nitrogens with one attached hydrogen (secondary N) is 1. The van der Waals surface area contributed by atoms with Crippen LogP contribution in [0.15, 0.2) is 53.1 Å². The molecule has 0 aliphatic heterocycles. The first-order valence-corrected chi connectivity index (χ1v) is 8.59. The lowest BCUT2D eigenvalue weighted by atomic mass is 10.1. The zero-order chi connectivity index (χ0) is 18.7. The van der Waals surface area contributed by atoms with Gasteiger partial charge in [0.15, 0.2) is 11.9 Å². The molecule has 1 amide bonds. The van der Waals surface area contributed by atoms with Crippen molar-refractivity contribution in [1.29, 1.82) is 0 Å². The molecule has 3 aromatic rings. The maximum atomic E-state index is 12.6. The van der Waals surface area contributed by atoms with Gasteiger partial charge in [0.1, 0.15) is 17.1 Å². The maximum absolute atomic E-state index is 12.6. The lowest BCUT2D eigenvalue weighted by Crippen LogP contribution is -2.30. The molecule has 0 aliphatic rings. The summed E-state index contributed by atoms with van der Waals surface area (Å²) in [6.45, 7) is 5.35. The summed E-state index contributed by atoms with van der Waals surface area (Å²) >= 11 is 5.95. The van der Waals surface area contributed by atoms with Crippen LogP contribution in [0.4, 0.5) is 5.69 Å². The zero-order valence-corrected chi connectivity index (χ0v) is 15.5. The van der Waals surface area contributed by atoms with Crippen LogP contribution in [-0.2, 0) is 4.79 Å². The highest BCUT2D eigenvalue weighted by atomic mass is 35.5. The van der Waals surface area contributed by atoms with Gasteiger partial charge >= 0.3 is 0 Å². The number of aryl methyl sites for hydroxylation is 2. The van der Waals surface area contributed by atoms with Gasteiger partial charge in [-0.3, -0.25) is 4.79 Å². The Morgan fingerprint density at radius 2 is 1.92 bits per heavy atom. The second-order valence-corrected chi connectivity index (χ2v) is 6.43. The number of amides is 1. The molecule has 1 atom stereocenters. The summed E-state index contributed by atoms with van der Waals surface area (Å²) in [4.78, 5) is 12.6. The second kappa shape index (κ2) is 7.62. The third-order valence-electron chi connectivity index (χ3n) is 3.96. The van der Waals surface area contributed by atoms with Gasteiger partial charge in [-0.15, -0.1) is 0 Å². The predicted molar refractivity (Wildman–Crippen MR) is 102 cm³/mol. The molecule has 0 spiro atoms. The van der Waals surface area contributed by atoms with Gasteiger partial charge < -0.3 is 14.6 Å². The van der Waals surface area contributed by atoms with Crippen LogP contribution >= 0.6 is 11.6 Å². The van der Waals surface area contributed by atoms with E-state index in [-0.39, 0.29) is 5.91 Å². The van der Waals surface area contributed by atoms with Gasteiger partial charge in [0, 0.05) is 10.6 Å². The number of ether oxygens (including phenoxy) is 1. The van der Waals surface area contributed by atoms with Crippen molar-refractivity contribution in [2.75, 3.05) is 5.32 Å². The maximum Gasteiger partial charge on any atom is 0.265 e. The van der Waals surface area contributed by atoms with Gasteiger partial charge in [-0.1, -0.05) is 47.1 Å². The van der Waals surface area contributed by atoms with Crippen molar-refractivity contribution in [1.82, 2.24) is 5.16 Å². The van der Waals surface area contributed by atoms with Gasteiger partial charge in [0.05, 0.1) is 0 Å². The highest BCUT2D eigenvalue weighted by Crippen LogP contribution is 2.31. The minimum atomic E-state index is -0.701. The molecule has 26 heavy (non-hydrogen) atoms. The summed E-state index contributed by atoms with van der Waals surface area (Å²) in [5.41, 5.74) is 2.85. The Bertz CT molecular complexity index is 922. The average molecular weight is 371 g/mol. The molecule has 0 bridgehead atoms. The van der Waals surface area contributed by atoms with Crippen LogP contribution in [-0.4, -0.2) is 17.2 Å². The summed E-state index contributed by atoms with van der Waals surface area (Å²) in [6.07, 6.45) is -0.701. The highest BCUT2D eigenvalue weighted by molar-refractivity contribution is 6.30. The van der Waals surface area contributed by atoms with Crippen molar-refractivity contribution in [2.24, 2.45) is 0 Å². The van der Waals surface area contributed by atoms with Crippen LogP contribution < -0.4 is 10.1 Å². The van der Waals surface area contributed by atoms with Crippen molar-refractivity contribution < 1.29 is 14.1 Å². The summed E-state index contributed by atoms with van der Waals surface area (Å²) in [6, 6.07) is 14.8. The minimum Gasteiger partial charge on any atom is -0.481 e. The van der Waals surface area contributed by atoms with E-state index >= 15 is 0 Å². The molecule has 0 fully saturated rings. The minimum absolute atomic E-state index is 0.289. The highest BCUT2D eigenvalue weighted by Gasteiger charge is 2.22. The Morgan fingerprint density at radius 3 is 2.62 bits per heavy atom. The van der Waals surface area contributed by atoms with Gasteiger partial charge in [-0.05, 0) is 44.5 Å². The van der Waals surface area contributed by atoms with Crippen molar-refractivity contribution in [3.8, 4) is 17.1 Å². The molecule has 1 unspecified atom stereocenters. The molecule has 0 saturated heterocycles. The van der Waals surface area contributed by atoms with Crippen LogP contribution in [0.25, 0.3) is 11.3 Å². The fourth-order valence-electron chi connectivity index (χ4n) is 2.52. The summed E-state index contributed by atoms with van der Waals surface area (Å²) in [5.74, 6) is 0.844. The lowest BCUT2D eigenvalue weighted by Gasteiger charge is -2.16. The van der Waals surface area contributed by atoms with Crippen LogP contribution in [0.2, 0.25) is 5.02 Å². The van der Waals surface area contributed by atoms with Crippen LogP contribution in [0, 0.1) is 13.8 Å². The molecule has 6 heteroatoms. The zero-order valence-electron chi connectivity index (χ0n) is 14.7. The average Bonchev–Trinajstić information content (AvgIpc) is 2.98. The van der Waals surface area contributed by atoms with Crippen LogP contribution in [0.3, 0.4) is 0 Å². The smallest absolute Gasteiger partial charge is 0.265 e. The van der Waals surface area contributed by atoms with E-state index in [2.05, 4.69) is 10.5 Å². The summed E-state index contributed by atoms with van der Waals surface area (Å²) < 4.78 is 11.2. The number of halogens is 1. The van der Waals surface area contributed by atoms with E-state index in [0.29, 0.717) is 27.9 Å². The first-order chi connectivity index (χ1) is 12.5. The first kappa shape index (κ1) is 18.0. The topological polar surface area (TPSA) is 64.4 Å². The van der Waals surface area contributed by atoms with Crippen LogP contribution in [0.1, 0.15) is 18.2 Å². The lowest BCUT2D eigenvalue weighted by molar-refractivity contribution is -0.122. The van der Waals surface area contributed by atoms with Crippen molar-refractivity contribution in [2.45, 2.75) is 26.9 Å². The number of nitrogens with zero attached hydrogens (tertiary/aromatic N) is 1. The number of carbonyl (C=O) groups is 1. The van der Waals surface area contributed by atoms with E-state index in [9.17, 15) is 4.79 Å². The normalized spacial score (nSPS) is 11.8. The molecule has 0 radical (unpaired) electrons. The van der Waals surface area contributed by atoms with E-state index in [1.165, 1.54) is 0 Å². The molecular weight excluding hydrogens is 352 g/mol. The molecule has 134 valence electrons. The number of carbonyl (C=O) groups excluding carboxylic acids is 1. The Morgan fingerprint density at radius 1 is 1.19 bits per heavy atom. The molecule has 0 saturated carbocycles. The monoisotopic (exact) mass is 370 g/mol. The molecule has 0 aliphatic carbocycles. The number of hydrogen-bond donors (Lipinski definition) is 1. The Balaban J connectivity index is 1.77. The first-order valence-electron chi connectivity index (χ1n) is 8.21. The van der Waals surface area contributed by atoms with Crippen molar-refractivity contribution >= 4 is 23.2 Å². The van der Waals surface area contributed by atoms with E-state index in [4.69, 9.17) is 20.9 Å². The van der Waals surface area contributed by atoms with Crippen LogP contribution in [0.5, 0.6) is 5.75 Å². The summed E-state index contributed by atoms with van der Waals surface area (Å²) in [7, 11) is 0. The molecule has 2 aromatic carbocycles. The van der Waals surface area contributed by atoms with Gasteiger partial charge in [-0.25, -0.2) is 0 Å². The predicted octanol–water partition coefficient (Wildman–Crippen LogP) is 5.02. The summed E-state index contributed by atoms with van der Waals surface area (Å²) in [5, 5.41) is 7.45. The quantitative estimate of drug-likeness (QED) is 0.685. The third-order valence-corrected chi connectivity index (χ3v) is 4.19. The molecule has 1 aromatic heterocycles. The number of aromatic nitrogens is 1. The molecule has 1 heterocycles. The van der Waals surface area contributed by atoms with Crippen molar-refractivity contribution in [3.05, 3.63) is 64.8 Å². The Hall–Kier alpha value is -2.79. The SMILES string of the molecule is Cc1cc(Cl)ccc1OC(C)C(=O)Nc1c(C)noc1-c1ccccc1. The number of anilines is 1. The largest absolute Gasteiger partial charge is 0.481 e. The standard InChI is InChI=1S/C20H19ClN2O3/c1-12-11-16(21)9-10-17(12)25-14(3)20(24)22-18-13(2)23-26-19(18)15-7-5-4-6-8-15/h4-11,14H,1-3H3,(H,22,24). The van der Waals surface area contributed by atoms with E-state index in [0.717, 1.165) is 11.1 Å². The Labute approximate surface area is 156 Å². The Kier molecular flexibility index (Phi) is 5.28. The van der Waals surface area contributed by atoms with E-state index in [1.54, 1.807) is 32.0 Å². The number of benzene rings is 2. The third kappa shape index (κ3) is 3.89. The fourth-order valence-corrected chi connectivity index (χ4v) is 2.74. The second-order valence-electron chi connectivity index (χ2n) is 6.00. The fraction of sp³-hybridized carbons (Fsp3) is 0.200. The molecule has 3 rings (SSSR count). The van der Waals surface area contributed by atoms with E-state index in [1.807, 2.05) is 37.3 Å². The number of hydrogen-bond acceptors (Lipinski definition) is 4. The number of rotatable bonds is 5. The van der Waals surface area contributed by atoms with Gasteiger partial charge in [-0.2, -0.15) is 0 Å². The van der Waals surface area contributed by atoms with Crippen molar-refractivity contribution in [3.63, 3.8) is 0 Å².